The van der Waals surface area contributed by atoms with Crippen LogP contribution in [0.3, 0.4) is 0 Å². The molecule has 0 aliphatic rings. The highest BCUT2D eigenvalue weighted by atomic mass is 35.5. The van der Waals surface area contributed by atoms with Gasteiger partial charge >= 0.3 is 0 Å². The van der Waals surface area contributed by atoms with Crippen LogP contribution in [0.25, 0.3) is 0 Å². The number of amides is 1. The van der Waals surface area contributed by atoms with Crippen molar-refractivity contribution in [1.82, 2.24) is 5.43 Å². The van der Waals surface area contributed by atoms with E-state index in [0.717, 1.165) is 0 Å². The first kappa shape index (κ1) is 18.4. The van der Waals surface area contributed by atoms with E-state index >= 15 is 0 Å². The molecule has 0 saturated heterocycles. The Morgan fingerprint density at radius 2 is 2.04 bits per heavy atom. The molecule has 0 aliphatic heterocycles. The van der Waals surface area contributed by atoms with Crippen LogP contribution in [0.15, 0.2) is 53.6 Å². The number of benzene rings is 2. The minimum atomic E-state index is -0.479. The van der Waals surface area contributed by atoms with Crippen molar-refractivity contribution < 1.29 is 14.5 Å². The maximum absolute atomic E-state index is 11.9. The van der Waals surface area contributed by atoms with Crippen molar-refractivity contribution >= 4 is 28.9 Å². The number of nitrogens with one attached hydrogen (secondary N) is 1. The fraction of sp³-hybridized carbons (Fsp3) is 0.176. The lowest BCUT2D eigenvalue weighted by Crippen LogP contribution is -2.26. The summed E-state index contributed by atoms with van der Waals surface area (Å²) in [6.45, 7) is 1.59. The van der Waals surface area contributed by atoms with E-state index in [1.807, 2.05) is 6.92 Å². The summed E-state index contributed by atoms with van der Waals surface area (Å²) in [6, 6.07) is 12.9. The molecule has 0 spiro atoms. The molecule has 0 radical (unpaired) electrons. The van der Waals surface area contributed by atoms with Gasteiger partial charge in [0.15, 0.2) is 6.61 Å². The average molecular weight is 362 g/mol. The number of para-hydroxylation sites is 1. The molecule has 25 heavy (non-hydrogen) atoms. The molecule has 2 aromatic carbocycles. The van der Waals surface area contributed by atoms with Crippen LogP contribution in [0.5, 0.6) is 5.75 Å². The Hall–Kier alpha value is -2.93. The van der Waals surface area contributed by atoms with Crippen LogP contribution < -0.4 is 10.2 Å². The van der Waals surface area contributed by atoms with Crippen LogP contribution in [-0.2, 0) is 4.79 Å². The fourth-order valence-corrected chi connectivity index (χ4v) is 2.20. The molecule has 130 valence electrons. The Bertz CT molecular complexity index is 808. The molecule has 0 fully saturated rings. The third-order valence-electron chi connectivity index (χ3n) is 3.24. The van der Waals surface area contributed by atoms with Gasteiger partial charge in [0.05, 0.1) is 15.7 Å². The number of nitro groups is 1. The normalized spacial score (nSPS) is 11.0. The number of carbonyl (C=O) groups excluding carboxylic acids is 1. The van der Waals surface area contributed by atoms with Gasteiger partial charge in [-0.25, -0.2) is 5.43 Å². The Morgan fingerprint density at radius 1 is 1.28 bits per heavy atom. The van der Waals surface area contributed by atoms with Gasteiger partial charge in [-0.2, -0.15) is 5.10 Å². The predicted molar refractivity (Wildman–Crippen MR) is 95.0 cm³/mol. The number of nitrogens with zero attached hydrogens (tertiary/aromatic N) is 2. The SMILES string of the molecule is CC/C(=N\NC(=O)COc1ccccc1Cl)c1cccc([N+](=O)[O-])c1. The van der Waals surface area contributed by atoms with E-state index in [1.54, 1.807) is 36.4 Å². The molecule has 2 rings (SSSR count). The number of hydrazone groups is 1. The molecule has 0 saturated carbocycles. The van der Waals surface area contributed by atoms with Crippen LogP contribution in [0.4, 0.5) is 5.69 Å². The van der Waals surface area contributed by atoms with Crippen molar-refractivity contribution in [2.24, 2.45) is 5.10 Å². The van der Waals surface area contributed by atoms with E-state index in [-0.39, 0.29) is 12.3 Å². The van der Waals surface area contributed by atoms with E-state index in [9.17, 15) is 14.9 Å². The first-order valence-electron chi connectivity index (χ1n) is 7.48. The van der Waals surface area contributed by atoms with Crippen molar-refractivity contribution in [1.29, 1.82) is 0 Å². The van der Waals surface area contributed by atoms with Crippen LogP contribution in [0.2, 0.25) is 5.02 Å². The number of hydrogen-bond acceptors (Lipinski definition) is 5. The molecule has 2 aromatic rings. The summed E-state index contributed by atoms with van der Waals surface area (Å²) in [5.74, 6) is -0.0611. The lowest BCUT2D eigenvalue weighted by atomic mass is 10.1. The molecule has 7 nitrogen and oxygen atoms in total. The van der Waals surface area contributed by atoms with E-state index < -0.39 is 10.8 Å². The van der Waals surface area contributed by atoms with Crippen LogP contribution in [-0.4, -0.2) is 23.1 Å². The van der Waals surface area contributed by atoms with Crippen LogP contribution in [0.1, 0.15) is 18.9 Å². The van der Waals surface area contributed by atoms with E-state index in [0.29, 0.717) is 28.5 Å². The summed E-state index contributed by atoms with van der Waals surface area (Å²) in [4.78, 5) is 22.2. The molecular formula is C17H16ClN3O4. The molecule has 8 heteroatoms. The molecule has 0 bridgehead atoms. The zero-order chi connectivity index (χ0) is 18.2. The molecule has 0 unspecified atom stereocenters. The van der Waals surface area contributed by atoms with Crippen molar-refractivity contribution in [3.05, 3.63) is 69.2 Å². The van der Waals surface area contributed by atoms with Gasteiger partial charge in [0.2, 0.25) is 0 Å². The average Bonchev–Trinajstić information content (AvgIpc) is 2.62. The highest BCUT2D eigenvalue weighted by Gasteiger charge is 2.10. The van der Waals surface area contributed by atoms with Crippen LogP contribution in [0, 0.1) is 10.1 Å². The van der Waals surface area contributed by atoms with E-state index in [2.05, 4.69) is 10.5 Å². The second kappa shape index (κ2) is 8.79. The molecular weight excluding hydrogens is 346 g/mol. The quantitative estimate of drug-likeness (QED) is 0.463. The summed E-state index contributed by atoms with van der Waals surface area (Å²) >= 11 is 5.94. The molecule has 0 aromatic heterocycles. The summed E-state index contributed by atoms with van der Waals surface area (Å²) in [5, 5.41) is 15.3. The molecule has 1 N–H and O–H groups in total. The Labute approximate surface area is 149 Å². The Balaban J connectivity index is 2.00. The standard InChI is InChI=1S/C17H16ClN3O4/c1-2-15(12-6-5-7-13(10-12)21(23)24)19-20-17(22)11-25-16-9-4-3-8-14(16)18/h3-10H,2,11H2,1H3,(H,20,22)/b19-15+. The van der Waals surface area contributed by atoms with Gasteiger partial charge in [-0.15, -0.1) is 0 Å². The van der Waals surface area contributed by atoms with Gasteiger partial charge in [0, 0.05) is 17.7 Å². The molecule has 0 aliphatic carbocycles. The highest BCUT2D eigenvalue weighted by molar-refractivity contribution is 6.32. The smallest absolute Gasteiger partial charge is 0.277 e. The Kier molecular flexibility index (Phi) is 6.47. The molecule has 0 atom stereocenters. The number of carbonyl (C=O) groups is 1. The number of hydrogen-bond donors (Lipinski definition) is 1. The third kappa shape index (κ3) is 5.29. The molecule has 0 heterocycles. The van der Waals surface area contributed by atoms with Gasteiger partial charge in [-0.1, -0.05) is 42.8 Å². The van der Waals surface area contributed by atoms with Crippen LogP contribution >= 0.6 is 11.6 Å². The largest absolute Gasteiger partial charge is 0.482 e. The van der Waals surface area contributed by atoms with Crippen molar-refractivity contribution in [3.63, 3.8) is 0 Å². The topological polar surface area (TPSA) is 93.8 Å². The monoisotopic (exact) mass is 361 g/mol. The van der Waals surface area contributed by atoms with Gasteiger partial charge in [0.25, 0.3) is 11.6 Å². The number of non-ortho nitro benzene ring substituents is 1. The molecule has 1 amide bonds. The third-order valence-corrected chi connectivity index (χ3v) is 3.55. The highest BCUT2D eigenvalue weighted by Crippen LogP contribution is 2.22. The second-order valence-corrected chi connectivity index (χ2v) is 5.38. The summed E-state index contributed by atoms with van der Waals surface area (Å²) in [6.07, 6.45) is 0.493. The first-order chi connectivity index (χ1) is 12.0. The zero-order valence-corrected chi connectivity index (χ0v) is 14.2. The minimum Gasteiger partial charge on any atom is -0.482 e. The van der Waals surface area contributed by atoms with Gasteiger partial charge < -0.3 is 4.74 Å². The first-order valence-corrected chi connectivity index (χ1v) is 7.86. The lowest BCUT2D eigenvalue weighted by Gasteiger charge is -2.08. The van der Waals surface area contributed by atoms with Crippen molar-refractivity contribution in [2.45, 2.75) is 13.3 Å². The minimum absolute atomic E-state index is 0.0352. The number of rotatable bonds is 7. The maximum atomic E-state index is 11.9. The van der Waals surface area contributed by atoms with E-state index in [1.165, 1.54) is 12.1 Å². The summed E-state index contributed by atoms with van der Waals surface area (Å²) in [7, 11) is 0. The number of ether oxygens (including phenoxy) is 1. The van der Waals surface area contributed by atoms with Crippen molar-refractivity contribution in [2.75, 3.05) is 6.61 Å². The van der Waals surface area contributed by atoms with E-state index in [4.69, 9.17) is 16.3 Å². The lowest BCUT2D eigenvalue weighted by molar-refractivity contribution is -0.384. The summed E-state index contributed by atoms with van der Waals surface area (Å²) in [5.41, 5.74) is 3.44. The van der Waals surface area contributed by atoms with Gasteiger partial charge in [-0.3, -0.25) is 14.9 Å². The van der Waals surface area contributed by atoms with Gasteiger partial charge in [0.1, 0.15) is 5.75 Å². The van der Waals surface area contributed by atoms with Gasteiger partial charge in [-0.05, 0) is 18.6 Å². The predicted octanol–water partition coefficient (Wildman–Crippen LogP) is 3.56. The Morgan fingerprint density at radius 3 is 2.72 bits per heavy atom. The van der Waals surface area contributed by atoms with Crippen molar-refractivity contribution in [3.8, 4) is 5.75 Å². The fourth-order valence-electron chi connectivity index (χ4n) is 2.01. The summed E-state index contributed by atoms with van der Waals surface area (Å²) < 4.78 is 5.32. The zero-order valence-electron chi connectivity index (χ0n) is 13.4. The second-order valence-electron chi connectivity index (χ2n) is 4.97. The maximum Gasteiger partial charge on any atom is 0.277 e. The number of halogens is 1. The number of nitro benzene ring substituents is 1.